The van der Waals surface area contributed by atoms with E-state index in [2.05, 4.69) is 10.3 Å². The largest absolute Gasteiger partial charge is 0.306 e. The number of aromatic nitrogens is 2. The van der Waals surface area contributed by atoms with Crippen molar-refractivity contribution >= 4 is 17.5 Å². The van der Waals surface area contributed by atoms with Crippen LogP contribution in [-0.2, 0) is 6.42 Å². The molecule has 1 amide bonds. The molecule has 0 unspecified atom stereocenters. The number of aryl methyl sites for hydroxylation is 1. The van der Waals surface area contributed by atoms with Crippen LogP contribution in [-0.4, -0.2) is 21.2 Å². The van der Waals surface area contributed by atoms with Crippen LogP contribution in [0.5, 0.6) is 0 Å². The first-order chi connectivity index (χ1) is 13.5. The first-order valence-electron chi connectivity index (χ1n) is 9.16. The summed E-state index contributed by atoms with van der Waals surface area (Å²) in [6, 6.07) is 14.1. The van der Waals surface area contributed by atoms with E-state index in [1.54, 1.807) is 24.4 Å². The number of carbonyl (C=O) groups excluding carboxylic acids is 2. The van der Waals surface area contributed by atoms with Gasteiger partial charge in [0.1, 0.15) is 11.4 Å². The molecule has 1 aromatic carbocycles. The molecule has 1 aliphatic rings. The van der Waals surface area contributed by atoms with E-state index in [4.69, 9.17) is 0 Å². The van der Waals surface area contributed by atoms with Gasteiger partial charge in [-0.05, 0) is 55.7 Å². The minimum atomic E-state index is -0.575. The average molecular weight is 373 g/mol. The van der Waals surface area contributed by atoms with Crippen LogP contribution < -0.4 is 10.9 Å². The molecule has 0 bridgehead atoms. The van der Waals surface area contributed by atoms with Gasteiger partial charge in [0.25, 0.3) is 11.5 Å². The number of fused-ring (bicyclic) bond motifs is 1. The van der Waals surface area contributed by atoms with Gasteiger partial charge in [-0.15, -0.1) is 0 Å². The number of nitrogens with one attached hydrogen (secondary N) is 1. The van der Waals surface area contributed by atoms with Gasteiger partial charge in [-0.3, -0.25) is 19.0 Å². The van der Waals surface area contributed by atoms with Gasteiger partial charge in [0.15, 0.2) is 5.78 Å². The number of Topliss-reactive ketones (excluding diaryl/α,β-unsaturated/α-hetero) is 1. The summed E-state index contributed by atoms with van der Waals surface area (Å²) < 4.78 is 1.49. The maximum Gasteiger partial charge on any atom is 0.268 e. The molecule has 0 spiro atoms. The third-order valence-corrected chi connectivity index (χ3v) is 4.84. The second-order valence-electron chi connectivity index (χ2n) is 6.84. The van der Waals surface area contributed by atoms with Gasteiger partial charge < -0.3 is 5.32 Å². The number of carbonyl (C=O) groups is 2. The van der Waals surface area contributed by atoms with E-state index >= 15 is 0 Å². The summed E-state index contributed by atoms with van der Waals surface area (Å²) in [7, 11) is 0. The SMILES string of the molecule is Cc1ccnc(NC(=O)c2cc3c(n(-c4ccccc4)c2=O)CCCC3=O)c1. The van der Waals surface area contributed by atoms with Crippen LogP contribution in [0, 0.1) is 6.92 Å². The van der Waals surface area contributed by atoms with E-state index in [1.165, 1.54) is 10.6 Å². The highest BCUT2D eigenvalue weighted by Gasteiger charge is 2.26. The number of hydrogen-bond donors (Lipinski definition) is 1. The average Bonchev–Trinajstić information content (AvgIpc) is 2.68. The highest BCUT2D eigenvalue weighted by atomic mass is 16.2. The van der Waals surface area contributed by atoms with E-state index in [-0.39, 0.29) is 11.3 Å². The smallest absolute Gasteiger partial charge is 0.268 e. The highest BCUT2D eigenvalue weighted by molar-refractivity contribution is 6.06. The van der Waals surface area contributed by atoms with Gasteiger partial charge in [-0.25, -0.2) is 4.98 Å². The fraction of sp³-hybridized carbons (Fsp3) is 0.182. The van der Waals surface area contributed by atoms with Crippen LogP contribution in [0.3, 0.4) is 0 Å². The summed E-state index contributed by atoms with van der Waals surface area (Å²) in [6.07, 6.45) is 3.31. The Morgan fingerprint density at radius 1 is 1.07 bits per heavy atom. The Balaban J connectivity index is 1.86. The van der Waals surface area contributed by atoms with Crippen molar-refractivity contribution in [3.8, 4) is 5.69 Å². The van der Waals surface area contributed by atoms with Crippen molar-refractivity contribution in [2.45, 2.75) is 26.2 Å². The fourth-order valence-electron chi connectivity index (χ4n) is 3.49. The van der Waals surface area contributed by atoms with E-state index < -0.39 is 11.5 Å². The molecule has 3 aromatic rings. The Morgan fingerprint density at radius 2 is 1.86 bits per heavy atom. The Hall–Kier alpha value is -3.54. The Morgan fingerprint density at radius 3 is 2.61 bits per heavy atom. The highest BCUT2D eigenvalue weighted by Crippen LogP contribution is 2.23. The van der Waals surface area contributed by atoms with Crippen molar-refractivity contribution in [2.75, 3.05) is 5.32 Å². The fourth-order valence-corrected chi connectivity index (χ4v) is 3.49. The summed E-state index contributed by atoms with van der Waals surface area (Å²) in [6.45, 7) is 1.89. The zero-order chi connectivity index (χ0) is 19.7. The van der Waals surface area contributed by atoms with E-state index in [0.29, 0.717) is 42.0 Å². The predicted molar refractivity (Wildman–Crippen MR) is 106 cm³/mol. The number of rotatable bonds is 3. The quantitative estimate of drug-likeness (QED) is 0.764. The van der Waals surface area contributed by atoms with Crippen molar-refractivity contribution in [3.05, 3.63) is 87.5 Å². The molecule has 0 saturated carbocycles. The number of ketones is 1. The minimum absolute atomic E-state index is 0.0475. The standard InChI is InChI=1S/C22H19N3O3/c1-14-10-11-23-20(12-14)24-21(27)17-13-16-18(8-5-9-19(16)26)25(22(17)28)15-6-3-2-4-7-15/h2-4,6-7,10-13H,5,8-9H2,1H3,(H,23,24,27). The molecular weight excluding hydrogens is 354 g/mol. The summed E-state index contributed by atoms with van der Waals surface area (Å²) >= 11 is 0. The topological polar surface area (TPSA) is 81.1 Å². The second kappa shape index (κ2) is 7.23. The molecule has 4 rings (SSSR count). The maximum atomic E-state index is 13.2. The summed E-state index contributed by atoms with van der Waals surface area (Å²) in [5.74, 6) is -0.262. The van der Waals surface area contributed by atoms with Gasteiger partial charge in [0.05, 0.1) is 0 Å². The molecule has 6 nitrogen and oxygen atoms in total. The van der Waals surface area contributed by atoms with E-state index in [1.807, 2.05) is 31.2 Å². The minimum Gasteiger partial charge on any atom is -0.306 e. The number of anilines is 1. The molecule has 0 fully saturated rings. The van der Waals surface area contributed by atoms with Crippen LogP contribution >= 0.6 is 0 Å². The van der Waals surface area contributed by atoms with Crippen molar-refractivity contribution in [1.29, 1.82) is 0 Å². The molecule has 6 heteroatoms. The first kappa shape index (κ1) is 17.9. The third kappa shape index (κ3) is 3.24. The van der Waals surface area contributed by atoms with E-state index in [0.717, 1.165) is 5.56 Å². The van der Waals surface area contributed by atoms with Crippen molar-refractivity contribution in [3.63, 3.8) is 0 Å². The molecule has 2 aromatic heterocycles. The number of pyridine rings is 2. The Kier molecular flexibility index (Phi) is 4.61. The zero-order valence-electron chi connectivity index (χ0n) is 15.4. The molecule has 1 N–H and O–H groups in total. The van der Waals surface area contributed by atoms with Crippen LogP contribution in [0.25, 0.3) is 5.69 Å². The molecule has 1 aliphatic carbocycles. The van der Waals surface area contributed by atoms with Crippen LogP contribution in [0.15, 0.2) is 59.5 Å². The number of benzene rings is 1. The predicted octanol–water partition coefficient (Wildman–Crippen LogP) is 3.31. The summed E-state index contributed by atoms with van der Waals surface area (Å²) in [4.78, 5) is 42.7. The number of hydrogen-bond acceptors (Lipinski definition) is 4. The Bertz CT molecular complexity index is 1130. The zero-order valence-corrected chi connectivity index (χ0v) is 15.4. The van der Waals surface area contributed by atoms with Crippen LogP contribution in [0.4, 0.5) is 5.82 Å². The van der Waals surface area contributed by atoms with Crippen LogP contribution in [0.1, 0.15) is 44.8 Å². The van der Waals surface area contributed by atoms with Crippen molar-refractivity contribution in [1.82, 2.24) is 9.55 Å². The van der Waals surface area contributed by atoms with E-state index in [9.17, 15) is 14.4 Å². The molecule has 0 atom stereocenters. The van der Waals surface area contributed by atoms with Gasteiger partial charge in [0.2, 0.25) is 0 Å². The van der Waals surface area contributed by atoms with Crippen molar-refractivity contribution < 1.29 is 9.59 Å². The lowest BCUT2D eigenvalue weighted by atomic mass is 9.92. The van der Waals surface area contributed by atoms with Crippen molar-refractivity contribution in [2.24, 2.45) is 0 Å². The lowest BCUT2D eigenvalue weighted by Gasteiger charge is -2.21. The molecule has 0 radical (unpaired) electrons. The lowest BCUT2D eigenvalue weighted by Crippen LogP contribution is -2.33. The van der Waals surface area contributed by atoms with Gasteiger partial charge >= 0.3 is 0 Å². The van der Waals surface area contributed by atoms with Gasteiger partial charge in [-0.1, -0.05) is 18.2 Å². The molecule has 0 saturated heterocycles. The summed E-state index contributed by atoms with van der Waals surface area (Å²) in [5.41, 5.74) is 2.18. The lowest BCUT2D eigenvalue weighted by molar-refractivity contribution is 0.0971. The second-order valence-corrected chi connectivity index (χ2v) is 6.84. The number of para-hydroxylation sites is 1. The molecular formula is C22H19N3O3. The number of amides is 1. The molecule has 140 valence electrons. The molecule has 2 heterocycles. The Labute approximate surface area is 161 Å². The maximum absolute atomic E-state index is 13.2. The monoisotopic (exact) mass is 373 g/mol. The molecule has 28 heavy (non-hydrogen) atoms. The third-order valence-electron chi connectivity index (χ3n) is 4.84. The van der Waals surface area contributed by atoms with Gasteiger partial charge in [-0.2, -0.15) is 0 Å². The molecule has 0 aliphatic heterocycles. The van der Waals surface area contributed by atoms with Crippen LogP contribution in [0.2, 0.25) is 0 Å². The van der Waals surface area contributed by atoms with Gasteiger partial charge in [0, 0.05) is 29.6 Å². The normalized spacial score (nSPS) is 13.1. The number of nitrogens with zero attached hydrogens (tertiary/aromatic N) is 2. The first-order valence-corrected chi connectivity index (χ1v) is 9.16. The summed E-state index contributed by atoms with van der Waals surface area (Å²) in [5, 5.41) is 2.67.